The van der Waals surface area contributed by atoms with Gasteiger partial charge in [0.05, 0.1) is 17.9 Å². The van der Waals surface area contributed by atoms with E-state index in [2.05, 4.69) is 20.4 Å². The third-order valence-electron chi connectivity index (χ3n) is 9.29. The van der Waals surface area contributed by atoms with Crippen LogP contribution in [0.25, 0.3) is 0 Å². The molecule has 3 amide bonds. The summed E-state index contributed by atoms with van der Waals surface area (Å²) in [5, 5.41) is 5.72. The summed E-state index contributed by atoms with van der Waals surface area (Å²) in [5.41, 5.74) is 1.59. The van der Waals surface area contributed by atoms with Gasteiger partial charge in [-0.3, -0.25) is 24.6 Å². The fourth-order valence-corrected chi connectivity index (χ4v) is 7.01. The van der Waals surface area contributed by atoms with Gasteiger partial charge in [-0.2, -0.15) is 0 Å². The predicted octanol–water partition coefficient (Wildman–Crippen LogP) is 2.04. The van der Waals surface area contributed by atoms with Crippen LogP contribution in [0.2, 0.25) is 0 Å². The van der Waals surface area contributed by atoms with Crippen LogP contribution < -0.4 is 15.5 Å². The number of piperidine rings is 2. The van der Waals surface area contributed by atoms with Crippen molar-refractivity contribution in [2.24, 2.45) is 5.92 Å². The van der Waals surface area contributed by atoms with E-state index in [0.717, 1.165) is 77.1 Å². The fourth-order valence-electron chi connectivity index (χ4n) is 7.01. The Labute approximate surface area is 229 Å². The molecular weight excluding hydrogens is 501 g/mol. The fraction of sp³-hybridized carbons (Fsp3) is 0.690. The molecule has 1 atom stereocenters. The van der Waals surface area contributed by atoms with Crippen molar-refractivity contribution in [2.45, 2.75) is 76.2 Å². The van der Waals surface area contributed by atoms with Crippen molar-refractivity contribution < 1.29 is 23.5 Å². The molecule has 2 N–H and O–H groups in total. The molecule has 1 unspecified atom stereocenters. The normalized spacial score (nSPS) is 29.1. The lowest BCUT2D eigenvalue weighted by Crippen LogP contribution is -2.52. The summed E-state index contributed by atoms with van der Waals surface area (Å²) in [5.74, 6) is -0.807. The van der Waals surface area contributed by atoms with Gasteiger partial charge >= 0.3 is 0 Å². The topological polar surface area (TPSA) is 94.2 Å². The molecule has 3 saturated heterocycles. The van der Waals surface area contributed by atoms with E-state index in [-0.39, 0.29) is 24.8 Å². The van der Waals surface area contributed by atoms with Gasteiger partial charge in [-0.05, 0) is 81.6 Å². The highest BCUT2D eigenvalue weighted by atomic mass is 19.1. The van der Waals surface area contributed by atoms with Gasteiger partial charge in [0.2, 0.25) is 11.8 Å². The minimum atomic E-state index is -0.691. The van der Waals surface area contributed by atoms with Gasteiger partial charge < -0.3 is 19.9 Å². The van der Waals surface area contributed by atoms with E-state index < -0.39 is 17.8 Å². The number of ether oxygens (including phenoxy) is 1. The molecule has 0 aromatic heterocycles. The van der Waals surface area contributed by atoms with E-state index in [1.54, 1.807) is 6.07 Å². The van der Waals surface area contributed by atoms with Crippen LogP contribution in [-0.4, -0.2) is 91.6 Å². The molecule has 0 bridgehead atoms. The Balaban J connectivity index is 0.995. The first kappa shape index (κ1) is 26.7. The second-order valence-electron chi connectivity index (χ2n) is 11.9. The number of nitrogens with zero attached hydrogens (tertiary/aromatic N) is 3. The number of imide groups is 1. The van der Waals surface area contributed by atoms with E-state index in [1.807, 2.05) is 0 Å². The minimum absolute atomic E-state index is 0.202. The van der Waals surface area contributed by atoms with Gasteiger partial charge in [0.15, 0.2) is 0 Å². The summed E-state index contributed by atoms with van der Waals surface area (Å²) in [6, 6.07) is 2.42. The largest absolute Gasteiger partial charge is 0.375 e. The number of carbonyl (C=O) groups is 3. The van der Waals surface area contributed by atoms with Crippen LogP contribution in [0.3, 0.4) is 0 Å². The van der Waals surface area contributed by atoms with Crippen LogP contribution in [0, 0.1) is 11.7 Å². The molecule has 4 fully saturated rings. The molecule has 1 aromatic rings. The molecule has 1 aliphatic carbocycles. The summed E-state index contributed by atoms with van der Waals surface area (Å²) in [7, 11) is 0. The lowest BCUT2D eigenvalue weighted by Gasteiger charge is -2.39. The maximum atomic E-state index is 15.2. The number of anilines is 1. The Hall–Kier alpha value is -2.56. The first-order valence-electron chi connectivity index (χ1n) is 14.7. The molecule has 4 heterocycles. The Kier molecular flexibility index (Phi) is 7.86. The number of amides is 3. The van der Waals surface area contributed by atoms with Gasteiger partial charge in [-0.25, -0.2) is 4.39 Å². The van der Waals surface area contributed by atoms with E-state index in [1.165, 1.54) is 23.8 Å². The highest BCUT2D eigenvalue weighted by Gasteiger charge is 2.40. The maximum Gasteiger partial charge on any atom is 0.255 e. The molecule has 5 aliphatic rings. The smallest absolute Gasteiger partial charge is 0.255 e. The zero-order valence-corrected chi connectivity index (χ0v) is 22.6. The first-order chi connectivity index (χ1) is 18.9. The Morgan fingerprint density at radius 3 is 2.33 bits per heavy atom. The van der Waals surface area contributed by atoms with Crippen molar-refractivity contribution in [1.82, 2.24) is 20.4 Å². The molecule has 9 nitrogen and oxygen atoms in total. The molecule has 0 spiro atoms. The van der Waals surface area contributed by atoms with Crippen molar-refractivity contribution in [3.8, 4) is 0 Å². The van der Waals surface area contributed by atoms with Crippen LogP contribution in [0.15, 0.2) is 12.1 Å². The van der Waals surface area contributed by atoms with Crippen molar-refractivity contribution in [1.29, 1.82) is 0 Å². The SMILES string of the molecule is O=C1CCC(N2Cc3cc(N4CCN(C[C@H]5CC[C@H](OC6CCNCC6)CC5)CC4)c(F)cc3C2=O)C(=O)N1. The molecule has 1 saturated carbocycles. The molecule has 6 rings (SSSR count). The molecule has 212 valence electrons. The molecule has 4 aliphatic heterocycles. The number of carbonyl (C=O) groups excluding carboxylic acids is 3. The van der Waals surface area contributed by atoms with Crippen molar-refractivity contribution in [3.05, 3.63) is 29.1 Å². The number of piperazine rings is 1. The Bertz CT molecular complexity index is 1090. The summed E-state index contributed by atoms with van der Waals surface area (Å²) >= 11 is 0. The average molecular weight is 542 g/mol. The summed E-state index contributed by atoms with van der Waals surface area (Å²) < 4.78 is 21.6. The standard InChI is InChI=1S/C29H40FN5O4/c30-24-16-23-20(18-35(29(23)38)25-5-6-27(36)32-28(25)37)15-26(24)34-13-11-33(12-14-34)17-19-1-3-21(4-2-19)39-22-7-9-31-10-8-22/h15-16,19,21-22,25,31H,1-14,17-18H2,(H,32,36,37)/t19-,21-,25?. The van der Waals surface area contributed by atoms with E-state index in [4.69, 9.17) is 4.74 Å². The number of hydrogen-bond acceptors (Lipinski definition) is 7. The number of rotatable bonds is 6. The Morgan fingerprint density at radius 2 is 1.62 bits per heavy atom. The quantitative estimate of drug-likeness (QED) is 0.533. The molecule has 10 heteroatoms. The summed E-state index contributed by atoms with van der Waals surface area (Å²) in [6.07, 6.45) is 8.35. The third-order valence-corrected chi connectivity index (χ3v) is 9.29. The van der Waals surface area contributed by atoms with Gasteiger partial charge in [0.25, 0.3) is 5.91 Å². The summed E-state index contributed by atoms with van der Waals surface area (Å²) in [4.78, 5) is 42.9. The average Bonchev–Trinajstić information content (AvgIpc) is 3.25. The first-order valence-corrected chi connectivity index (χ1v) is 14.7. The van der Waals surface area contributed by atoms with Crippen molar-refractivity contribution in [2.75, 3.05) is 50.7 Å². The summed E-state index contributed by atoms with van der Waals surface area (Å²) in [6.45, 7) is 6.77. The van der Waals surface area contributed by atoms with Gasteiger partial charge in [-0.15, -0.1) is 0 Å². The number of nitrogens with one attached hydrogen (secondary N) is 2. The van der Waals surface area contributed by atoms with Crippen LogP contribution in [0.5, 0.6) is 0 Å². The zero-order chi connectivity index (χ0) is 26.9. The second-order valence-corrected chi connectivity index (χ2v) is 11.9. The molecule has 39 heavy (non-hydrogen) atoms. The highest BCUT2D eigenvalue weighted by Crippen LogP contribution is 2.34. The number of halogens is 1. The van der Waals surface area contributed by atoms with Crippen molar-refractivity contribution in [3.63, 3.8) is 0 Å². The van der Waals surface area contributed by atoms with E-state index in [9.17, 15) is 14.4 Å². The zero-order valence-electron chi connectivity index (χ0n) is 22.6. The van der Waals surface area contributed by atoms with Crippen LogP contribution >= 0.6 is 0 Å². The molecule has 1 aromatic carbocycles. The third kappa shape index (κ3) is 5.83. The van der Waals surface area contributed by atoms with Crippen LogP contribution in [-0.2, 0) is 20.9 Å². The van der Waals surface area contributed by atoms with Crippen LogP contribution in [0.1, 0.15) is 67.3 Å². The monoisotopic (exact) mass is 541 g/mol. The van der Waals surface area contributed by atoms with E-state index >= 15 is 4.39 Å². The maximum absolute atomic E-state index is 15.2. The lowest BCUT2D eigenvalue weighted by atomic mass is 9.86. The number of fused-ring (bicyclic) bond motifs is 1. The molecular formula is C29H40FN5O4. The number of benzene rings is 1. The van der Waals surface area contributed by atoms with Gasteiger partial charge in [-0.1, -0.05) is 0 Å². The van der Waals surface area contributed by atoms with Gasteiger partial charge in [0.1, 0.15) is 11.9 Å². The van der Waals surface area contributed by atoms with Crippen molar-refractivity contribution >= 4 is 23.4 Å². The Morgan fingerprint density at radius 1 is 0.897 bits per heavy atom. The van der Waals surface area contributed by atoms with Crippen LogP contribution in [0.4, 0.5) is 10.1 Å². The minimum Gasteiger partial charge on any atom is -0.375 e. The lowest BCUT2D eigenvalue weighted by molar-refractivity contribution is -0.136. The second kappa shape index (κ2) is 11.5. The molecule has 0 radical (unpaired) electrons. The number of hydrogen-bond donors (Lipinski definition) is 2. The van der Waals surface area contributed by atoms with Gasteiger partial charge in [0, 0.05) is 51.3 Å². The van der Waals surface area contributed by atoms with E-state index in [0.29, 0.717) is 35.8 Å². The predicted molar refractivity (Wildman–Crippen MR) is 144 cm³/mol. The highest BCUT2D eigenvalue weighted by molar-refractivity contribution is 6.05.